The van der Waals surface area contributed by atoms with Crippen LogP contribution < -0.4 is 5.43 Å². The van der Waals surface area contributed by atoms with Crippen molar-refractivity contribution in [1.82, 2.24) is 10.4 Å². The third-order valence-electron chi connectivity index (χ3n) is 1.57. The van der Waals surface area contributed by atoms with Crippen molar-refractivity contribution in [2.75, 3.05) is 14.1 Å². The molecule has 86 valence electrons. The average Bonchev–Trinajstić information content (AvgIpc) is 2.61. The lowest BCUT2D eigenvalue weighted by molar-refractivity contribution is -0.131. The van der Waals surface area contributed by atoms with E-state index in [0.717, 1.165) is 11.0 Å². The van der Waals surface area contributed by atoms with Gasteiger partial charge in [0.05, 0.1) is 4.88 Å². The molecule has 0 bridgehead atoms. The second-order valence-corrected chi connectivity index (χ2v) is 4.32. The second-order valence-electron chi connectivity index (χ2n) is 3.21. The lowest BCUT2D eigenvalue weighted by Gasteiger charge is -2.09. The molecule has 0 spiro atoms. The minimum Gasteiger partial charge on any atom is -0.478 e. The van der Waals surface area contributed by atoms with E-state index in [0.29, 0.717) is 4.88 Å². The molecular formula is C10H12N2O3S. The molecule has 16 heavy (non-hydrogen) atoms. The Hall–Kier alpha value is -1.66. The number of nitrogens with zero attached hydrogens (tertiary/aromatic N) is 1. The number of amides is 1. The van der Waals surface area contributed by atoms with E-state index in [2.05, 4.69) is 5.43 Å². The van der Waals surface area contributed by atoms with Gasteiger partial charge in [-0.25, -0.2) is 9.80 Å². The van der Waals surface area contributed by atoms with Gasteiger partial charge in [-0.2, -0.15) is 0 Å². The van der Waals surface area contributed by atoms with Gasteiger partial charge < -0.3 is 5.11 Å². The third kappa shape index (κ3) is 3.84. The molecule has 0 saturated heterocycles. The number of hydrogen-bond acceptors (Lipinski definition) is 4. The zero-order valence-electron chi connectivity index (χ0n) is 8.93. The quantitative estimate of drug-likeness (QED) is 0.609. The minimum atomic E-state index is -1.01. The predicted molar refractivity (Wildman–Crippen MR) is 62.1 cm³/mol. The summed E-state index contributed by atoms with van der Waals surface area (Å²) in [7, 11) is 3.44. The number of thiophene rings is 1. The summed E-state index contributed by atoms with van der Waals surface area (Å²) in [6.45, 7) is 0. The number of carbonyl (C=O) groups is 2. The summed E-state index contributed by atoms with van der Waals surface area (Å²) in [6, 6.07) is 3.36. The fourth-order valence-electron chi connectivity index (χ4n) is 0.976. The molecule has 6 heteroatoms. The zero-order chi connectivity index (χ0) is 12.1. The molecule has 0 aliphatic carbocycles. The van der Waals surface area contributed by atoms with E-state index < -0.39 is 5.97 Å². The van der Waals surface area contributed by atoms with Gasteiger partial charge in [-0.3, -0.25) is 10.2 Å². The van der Waals surface area contributed by atoms with E-state index in [9.17, 15) is 9.59 Å². The van der Waals surface area contributed by atoms with Crippen molar-refractivity contribution < 1.29 is 14.7 Å². The van der Waals surface area contributed by atoms with Gasteiger partial charge in [-0.05, 0) is 18.2 Å². The van der Waals surface area contributed by atoms with Crippen LogP contribution in [0.2, 0.25) is 0 Å². The van der Waals surface area contributed by atoms with Gasteiger partial charge in [0.2, 0.25) is 0 Å². The van der Waals surface area contributed by atoms with E-state index in [1.807, 2.05) is 0 Å². The zero-order valence-corrected chi connectivity index (χ0v) is 9.75. The molecule has 1 aromatic rings. The average molecular weight is 240 g/mol. The maximum atomic E-state index is 11.5. The number of rotatable bonds is 4. The van der Waals surface area contributed by atoms with Crippen LogP contribution in [-0.2, 0) is 4.79 Å². The Bertz CT molecular complexity index is 423. The molecule has 0 radical (unpaired) electrons. The molecule has 1 heterocycles. The van der Waals surface area contributed by atoms with E-state index in [1.165, 1.54) is 17.4 Å². The lowest BCUT2D eigenvalue weighted by Crippen LogP contribution is -2.35. The van der Waals surface area contributed by atoms with Gasteiger partial charge in [0.1, 0.15) is 0 Å². The first-order valence-corrected chi connectivity index (χ1v) is 5.30. The van der Waals surface area contributed by atoms with E-state index in [1.54, 1.807) is 31.2 Å². The normalized spacial score (nSPS) is 10.9. The Kier molecular flexibility index (Phi) is 4.21. The van der Waals surface area contributed by atoms with Crippen molar-refractivity contribution in [2.24, 2.45) is 0 Å². The number of carbonyl (C=O) groups excluding carboxylic acids is 1. The van der Waals surface area contributed by atoms with Gasteiger partial charge in [-0.15, -0.1) is 11.3 Å². The molecule has 1 aromatic heterocycles. The lowest BCUT2D eigenvalue weighted by atomic mass is 10.4. The van der Waals surface area contributed by atoms with Crippen LogP contribution in [-0.4, -0.2) is 36.1 Å². The monoisotopic (exact) mass is 240 g/mol. The fourth-order valence-corrected chi connectivity index (χ4v) is 1.78. The minimum absolute atomic E-state index is 0.204. The smallest absolute Gasteiger partial charge is 0.328 e. The summed E-state index contributed by atoms with van der Waals surface area (Å²) in [5, 5.41) is 9.99. The van der Waals surface area contributed by atoms with Crippen molar-refractivity contribution in [1.29, 1.82) is 0 Å². The van der Waals surface area contributed by atoms with Crippen LogP contribution in [0.15, 0.2) is 18.2 Å². The van der Waals surface area contributed by atoms with Crippen LogP contribution in [0, 0.1) is 0 Å². The van der Waals surface area contributed by atoms with Gasteiger partial charge >= 0.3 is 5.97 Å². The van der Waals surface area contributed by atoms with Crippen molar-refractivity contribution in [3.8, 4) is 0 Å². The first kappa shape index (κ1) is 12.4. The molecule has 0 aromatic carbocycles. The Morgan fingerprint density at radius 2 is 2.12 bits per heavy atom. The molecule has 0 fully saturated rings. The SMILES string of the molecule is CN(C)NC(=O)c1ccc(/C=C/C(=O)O)s1. The topological polar surface area (TPSA) is 69.6 Å². The maximum Gasteiger partial charge on any atom is 0.328 e. The van der Waals surface area contributed by atoms with E-state index in [-0.39, 0.29) is 5.91 Å². The first-order chi connectivity index (χ1) is 7.49. The van der Waals surface area contributed by atoms with Gasteiger partial charge in [0.25, 0.3) is 5.91 Å². The number of hydrogen-bond donors (Lipinski definition) is 2. The molecule has 0 atom stereocenters. The molecular weight excluding hydrogens is 228 g/mol. The number of hydrazine groups is 1. The van der Waals surface area contributed by atoms with Crippen LogP contribution in [0.25, 0.3) is 6.08 Å². The Balaban J connectivity index is 2.71. The fraction of sp³-hybridized carbons (Fsp3) is 0.200. The standard InChI is InChI=1S/C10H12N2O3S/c1-12(2)11-10(15)8-5-3-7(16-8)4-6-9(13)14/h3-6H,1-2H3,(H,11,15)(H,13,14)/b6-4+. The molecule has 1 rings (SSSR count). The van der Waals surface area contributed by atoms with Crippen LogP contribution in [0.3, 0.4) is 0 Å². The highest BCUT2D eigenvalue weighted by Gasteiger charge is 2.08. The Morgan fingerprint density at radius 3 is 2.69 bits per heavy atom. The molecule has 0 aliphatic rings. The van der Waals surface area contributed by atoms with E-state index in [4.69, 9.17) is 5.11 Å². The summed E-state index contributed by atoms with van der Waals surface area (Å²) in [5.41, 5.74) is 2.60. The van der Waals surface area contributed by atoms with Crippen LogP contribution in [0.1, 0.15) is 14.5 Å². The van der Waals surface area contributed by atoms with Crippen molar-refractivity contribution >= 4 is 29.3 Å². The maximum absolute atomic E-state index is 11.5. The van der Waals surface area contributed by atoms with Crippen LogP contribution >= 0.6 is 11.3 Å². The molecule has 0 unspecified atom stereocenters. The molecule has 0 saturated carbocycles. The van der Waals surface area contributed by atoms with Crippen molar-refractivity contribution in [3.05, 3.63) is 28.0 Å². The Labute approximate surface area is 97.0 Å². The van der Waals surface area contributed by atoms with E-state index >= 15 is 0 Å². The largest absolute Gasteiger partial charge is 0.478 e. The second kappa shape index (κ2) is 5.43. The summed E-state index contributed by atoms with van der Waals surface area (Å²) in [4.78, 5) is 23.1. The number of aliphatic carboxylic acids is 1. The Morgan fingerprint density at radius 1 is 1.44 bits per heavy atom. The van der Waals surface area contributed by atoms with Crippen LogP contribution in [0.4, 0.5) is 0 Å². The summed E-state index contributed by atoms with van der Waals surface area (Å²) in [6.07, 6.45) is 2.50. The van der Waals surface area contributed by atoms with Gasteiger partial charge in [0.15, 0.2) is 0 Å². The molecule has 0 aliphatic heterocycles. The summed E-state index contributed by atoms with van der Waals surface area (Å²) in [5.74, 6) is -1.21. The number of carboxylic acids is 1. The van der Waals surface area contributed by atoms with Crippen molar-refractivity contribution in [2.45, 2.75) is 0 Å². The molecule has 5 nitrogen and oxygen atoms in total. The van der Waals surface area contributed by atoms with Gasteiger partial charge in [0, 0.05) is 25.0 Å². The molecule has 1 amide bonds. The predicted octanol–water partition coefficient (Wildman–Crippen LogP) is 1.05. The third-order valence-corrected chi connectivity index (χ3v) is 2.62. The number of nitrogens with one attached hydrogen (secondary N) is 1. The molecule has 2 N–H and O–H groups in total. The van der Waals surface area contributed by atoms with Crippen molar-refractivity contribution in [3.63, 3.8) is 0 Å². The summed E-state index contributed by atoms with van der Waals surface area (Å²) >= 11 is 1.24. The number of carboxylic acid groups (broad SMARTS) is 1. The van der Waals surface area contributed by atoms with Gasteiger partial charge in [-0.1, -0.05) is 0 Å². The first-order valence-electron chi connectivity index (χ1n) is 4.48. The van der Waals surface area contributed by atoms with Crippen LogP contribution in [0.5, 0.6) is 0 Å². The highest BCUT2D eigenvalue weighted by Crippen LogP contribution is 2.17. The summed E-state index contributed by atoms with van der Waals surface area (Å²) < 4.78 is 0. The highest BCUT2D eigenvalue weighted by molar-refractivity contribution is 7.14. The highest BCUT2D eigenvalue weighted by atomic mass is 32.1.